The Morgan fingerprint density at radius 1 is 0.941 bits per heavy atom. The SMILES string of the molecule is NC(N)=O.O=P([O-])([O-])[O-].O=[N+]([O-])[O-].[NH4+].[NH4+].[NH4+].[NH4+]. The van der Waals surface area contributed by atoms with Gasteiger partial charge in [0.25, 0.3) is 0 Å². The van der Waals surface area contributed by atoms with Crippen molar-refractivity contribution in [1.29, 1.82) is 0 Å². The van der Waals surface area contributed by atoms with Gasteiger partial charge in [-0.1, -0.05) is 0 Å². The number of amides is 2. The lowest BCUT2D eigenvalue weighted by Gasteiger charge is -2.36. The second-order valence-electron chi connectivity index (χ2n) is 1.07. The number of rotatable bonds is 0. The van der Waals surface area contributed by atoms with Gasteiger partial charge in [-0.25, -0.2) is 4.79 Å². The van der Waals surface area contributed by atoms with Gasteiger partial charge in [0.2, 0.25) is 0 Å². The number of hydrogen-bond donors (Lipinski definition) is 6. The van der Waals surface area contributed by atoms with Crippen molar-refractivity contribution in [3.63, 3.8) is 0 Å². The summed E-state index contributed by atoms with van der Waals surface area (Å²) in [7, 11) is -5.39. The first-order valence-corrected chi connectivity index (χ1v) is 3.52. The van der Waals surface area contributed by atoms with E-state index in [4.69, 9.17) is 39.4 Å². The summed E-state index contributed by atoms with van der Waals surface area (Å²) in [4.78, 5) is 42.9. The molecule has 0 heterocycles. The van der Waals surface area contributed by atoms with Gasteiger partial charge in [-0.3, -0.25) is 0 Å². The molecule has 0 radical (unpaired) electrons. The summed E-state index contributed by atoms with van der Waals surface area (Å²) >= 11 is 0. The molecule has 0 spiro atoms. The fraction of sp³-hybridized carbons (Fsp3) is 0. The minimum absolute atomic E-state index is 0. The van der Waals surface area contributed by atoms with Crippen LogP contribution < -0.4 is 50.7 Å². The molecular weight excluding hydrogens is 269 g/mol. The summed E-state index contributed by atoms with van der Waals surface area (Å²) in [5.74, 6) is 0. The maximum Gasteiger partial charge on any atom is 0.309 e. The molecule has 0 aliphatic carbocycles. The van der Waals surface area contributed by atoms with Crippen LogP contribution in [-0.2, 0) is 4.57 Å². The highest BCUT2D eigenvalue weighted by atomic mass is 31.2. The van der Waals surface area contributed by atoms with Gasteiger partial charge < -0.3 is 70.6 Å². The number of nitrogens with two attached hydrogens (primary N) is 2. The number of carbonyl (C=O) groups is 1. The molecule has 0 aromatic carbocycles. The van der Waals surface area contributed by atoms with Gasteiger partial charge in [0.1, 0.15) is 0 Å². The van der Waals surface area contributed by atoms with Crippen molar-refractivity contribution in [1.82, 2.24) is 24.6 Å². The van der Waals surface area contributed by atoms with Crippen LogP contribution in [-0.4, -0.2) is 11.1 Å². The van der Waals surface area contributed by atoms with E-state index < -0.39 is 18.9 Å². The summed E-state index contributed by atoms with van der Waals surface area (Å²) in [6.07, 6.45) is 0. The van der Waals surface area contributed by atoms with Crippen molar-refractivity contribution in [2.24, 2.45) is 11.5 Å². The Kier molecular flexibility index (Phi) is 63.6. The number of urea groups is 1. The lowest BCUT2D eigenvalue weighted by molar-refractivity contribution is -0.432. The molecule has 0 fully saturated rings. The maximum absolute atomic E-state index is 9.00. The highest BCUT2D eigenvalue weighted by Crippen LogP contribution is 2.03. The predicted molar refractivity (Wildman–Crippen MR) is 55.7 cm³/mol. The van der Waals surface area contributed by atoms with E-state index in [9.17, 15) is 0 Å². The normalized spacial score (nSPS) is 6.29. The zero-order valence-corrected chi connectivity index (χ0v) is 10.7. The molecule has 0 aromatic rings. The Bertz CT molecular complexity index is 174. The second-order valence-corrected chi connectivity index (χ2v) is 1.97. The van der Waals surface area contributed by atoms with Gasteiger partial charge in [-0.05, 0) is 0 Å². The third-order valence-corrected chi connectivity index (χ3v) is 0. The van der Waals surface area contributed by atoms with E-state index in [0.29, 0.717) is 0 Å². The van der Waals surface area contributed by atoms with Gasteiger partial charge in [0.05, 0.1) is 5.09 Å². The average molecular weight is 289 g/mol. The number of primary amides is 2. The molecule has 20 N–H and O–H groups in total. The number of hydrogen-bond acceptors (Lipinski definition) is 8. The number of nitrogens with zero attached hydrogens (tertiary/aromatic N) is 1. The Morgan fingerprint density at radius 2 is 0.941 bits per heavy atom. The van der Waals surface area contributed by atoms with E-state index in [2.05, 4.69) is 11.5 Å². The van der Waals surface area contributed by atoms with Crippen molar-refractivity contribution >= 4 is 13.9 Å². The first-order valence-electron chi connectivity index (χ1n) is 2.06. The monoisotopic (exact) mass is 289 g/mol. The molecule has 0 saturated carbocycles. The minimum Gasteiger partial charge on any atom is -0.822 e. The summed E-state index contributed by atoms with van der Waals surface area (Å²) in [5, 5.41) is 14.8. The molecule has 2 amide bonds. The van der Waals surface area contributed by atoms with Crippen molar-refractivity contribution in [3.8, 4) is 0 Å². The van der Waals surface area contributed by atoms with E-state index in [1.165, 1.54) is 0 Å². The largest absolute Gasteiger partial charge is 0.822 e. The van der Waals surface area contributed by atoms with Gasteiger partial charge in [0.15, 0.2) is 0 Å². The van der Waals surface area contributed by atoms with Crippen LogP contribution in [0.15, 0.2) is 0 Å². The van der Waals surface area contributed by atoms with Crippen LogP contribution in [0, 0.1) is 15.3 Å². The first kappa shape index (κ1) is 45.2. The quantitative estimate of drug-likeness (QED) is 0.156. The van der Waals surface area contributed by atoms with Crippen LogP contribution in [0.3, 0.4) is 0 Å². The van der Waals surface area contributed by atoms with Crippen LogP contribution in [0.4, 0.5) is 4.79 Å². The molecular formula is CH20N7O8P. The molecule has 0 rings (SSSR count). The van der Waals surface area contributed by atoms with Crippen molar-refractivity contribution in [2.75, 3.05) is 0 Å². The maximum atomic E-state index is 9.00. The summed E-state index contributed by atoms with van der Waals surface area (Å²) in [6, 6.07) is -0.833. The van der Waals surface area contributed by atoms with Gasteiger partial charge in [-0.15, -0.1) is 0 Å². The zero-order chi connectivity index (χ0) is 11.7. The number of phosphoric acid groups is 1. The molecule has 0 aliphatic rings. The predicted octanol–water partition coefficient (Wildman–Crippen LogP) is -2.54. The molecule has 17 heavy (non-hydrogen) atoms. The first-order chi connectivity index (χ1) is 5.46. The van der Waals surface area contributed by atoms with E-state index in [0.717, 1.165) is 0 Å². The van der Waals surface area contributed by atoms with Gasteiger partial charge in [0, 0.05) is 0 Å². The van der Waals surface area contributed by atoms with Crippen molar-refractivity contribution < 1.29 is 29.1 Å². The third-order valence-electron chi connectivity index (χ3n) is 0. The average Bonchev–Trinajstić information content (AvgIpc) is 1.50. The van der Waals surface area contributed by atoms with Crippen LogP contribution in [0.25, 0.3) is 0 Å². The number of carbonyl (C=O) groups excluding carboxylic acids is 1. The van der Waals surface area contributed by atoms with Crippen molar-refractivity contribution in [2.45, 2.75) is 0 Å². The highest BCUT2D eigenvalue weighted by molar-refractivity contribution is 7.40. The van der Waals surface area contributed by atoms with Crippen LogP contribution in [0.5, 0.6) is 0 Å². The topological polar surface area (TPSA) is 368 Å². The van der Waals surface area contributed by atoms with Crippen LogP contribution in [0.2, 0.25) is 0 Å². The molecule has 0 aliphatic heterocycles. The van der Waals surface area contributed by atoms with Crippen molar-refractivity contribution in [3.05, 3.63) is 15.3 Å². The second kappa shape index (κ2) is 23.9. The van der Waals surface area contributed by atoms with Crippen LogP contribution in [0.1, 0.15) is 0 Å². The minimum atomic E-state index is -5.39. The zero-order valence-electron chi connectivity index (χ0n) is 9.82. The lowest BCUT2D eigenvalue weighted by atomic mass is 11.2. The Labute approximate surface area is 95.5 Å². The molecule has 0 atom stereocenters. The van der Waals surface area contributed by atoms with Gasteiger partial charge in [-0.2, -0.15) is 7.82 Å². The molecule has 0 aromatic heterocycles. The summed E-state index contributed by atoms with van der Waals surface area (Å²) < 4.78 is 8.55. The summed E-state index contributed by atoms with van der Waals surface area (Å²) in [5.41, 5.74) is 8.50. The van der Waals surface area contributed by atoms with Crippen LogP contribution >= 0.6 is 7.82 Å². The van der Waals surface area contributed by atoms with E-state index in [1.807, 2.05) is 0 Å². The molecule has 16 heteroatoms. The molecule has 0 saturated heterocycles. The van der Waals surface area contributed by atoms with E-state index in [1.54, 1.807) is 0 Å². The molecule has 0 bridgehead atoms. The fourth-order valence-corrected chi connectivity index (χ4v) is 0. The summed E-state index contributed by atoms with van der Waals surface area (Å²) in [6.45, 7) is 0. The molecule has 112 valence electrons. The van der Waals surface area contributed by atoms with E-state index in [-0.39, 0.29) is 24.6 Å². The Balaban J connectivity index is -0.0000000159. The standard InChI is InChI=1S/CH4N2O.NO3.4H3N.H3O4P/c2*2-1(3)4;;;;;1-5(2,3)4/h(H4,2,3,4);;4*1H3;(H3,1,2,3,4)/q;-1;;;;;/p+1. The smallest absolute Gasteiger partial charge is 0.309 e. The third kappa shape index (κ3) is 891. The number of quaternary nitrogens is 4. The fourth-order valence-electron chi connectivity index (χ4n) is 0. The molecule has 0 unspecified atom stereocenters. The van der Waals surface area contributed by atoms with E-state index >= 15 is 0 Å². The Morgan fingerprint density at radius 3 is 0.941 bits per heavy atom. The lowest BCUT2D eigenvalue weighted by Crippen LogP contribution is -2.24. The molecule has 15 nitrogen and oxygen atoms in total. The highest BCUT2D eigenvalue weighted by Gasteiger charge is 1.60. The Hall–Kier alpha value is -1.58. The van der Waals surface area contributed by atoms with Gasteiger partial charge >= 0.3 is 6.03 Å².